The summed E-state index contributed by atoms with van der Waals surface area (Å²) < 4.78 is 16.3. The van der Waals surface area contributed by atoms with Crippen LogP contribution in [-0.4, -0.2) is 52.2 Å². The molecular weight excluding hydrogens is 214 g/mol. The lowest BCUT2D eigenvalue weighted by Gasteiger charge is -2.27. The second-order valence-electron chi connectivity index (χ2n) is 4.53. The highest BCUT2D eigenvalue weighted by Gasteiger charge is 2.32. The van der Waals surface area contributed by atoms with Crippen molar-refractivity contribution in [2.24, 2.45) is 0 Å². The number of nitrogens with one attached hydrogen (secondary N) is 1. The van der Waals surface area contributed by atoms with Crippen LogP contribution in [0.4, 0.5) is 0 Å². The molecule has 0 aromatic carbocycles. The molecule has 2 saturated heterocycles. The fourth-order valence-electron chi connectivity index (χ4n) is 2.07. The Hall–Kier alpha value is 0.0300. The zero-order valence-corrected chi connectivity index (χ0v) is 9.72. The standard InChI is InChI=1S/C10H19NO3S/c12-10(3-4-14-8-10)7-11-9-1-5-15(13)6-2-9/h9,11-12H,1-8H2. The van der Waals surface area contributed by atoms with Crippen LogP contribution in [0.2, 0.25) is 0 Å². The Labute approximate surface area is 92.8 Å². The molecule has 15 heavy (non-hydrogen) atoms. The Balaban J connectivity index is 1.71. The highest BCUT2D eigenvalue weighted by molar-refractivity contribution is 7.85. The summed E-state index contributed by atoms with van der Waals surface area (Å²) in [5.41, 5.74) is -0.670. The van der Waals surface area contributed by atoms with E-state index >= 15 is 0 Å². The largest absolute Gasteiger partial charge is 0.386 e. The monoisotopic (exact) mass is 233 g/mol. The second-order valence-corrected chi connectivity index (χ2v) is 6.23. The van der Waals surface area contributed by atoms with Crippen molar-refractivity contribution in [2.45, 2.75) is 30.9 Å². The number of hydrogen-bond acceptors (Lipinski definition) is 4. The molecular formula is C10H19NO3S. The van der Waals surface area contributed by atoms with E-state index in [-0.39, 0.29) is 0 Å². The lowest BCUT2D eigenvalue weighted by atomic mass is 10.0. The first-order valence-electron chi connectivity index (χ1n) is 5.56. The fourth-order valence-corrected chi connectivity index (χ4v) is 3.37. The Morgan fingerprint density at radius 1 is 1.47 bits per heavy atom. The molecule has 2 rings (SSSR count). The van der Waals surface area contributed by atoms with Gasteiger partial charge in [-0.3, -0.25) is 4.21 Å². The van der Waals surface area contributed by atoms with E-state index in [9.17, 15) is 9.32 Å². The Kier molecular flexibility index (Phi) is 3.77. The van der Waals surface area contributed by atoms with E-state index in [0.717, 1.165) is 30.8 Å². The van der Waals surface area contributed by atoms with Crippen LogP contribution in [0.25, 0.3) is 0 Å². The molecule has 2 aliphatic rings. The van der Waals surface area contributed by atoms with Gasteiger partial charge in [-0.25, -0.2) is 0 Å². The van der Waals surface area contributed by atoms with Crippen LogP contribution in [0.15, 0.2) is 0 Å². The predicted molar refractivity (Wildman–Crippen MR) is 59.3 cm³/mol. The summed E-state index contributed by atoms with van der Waals surface area (Å²) >= 11 is 0. The zero-order valence-electron chi connectivity index (χ0n) is 8.91. The average molecular weight is 233 g/mol. The smallest absolute Gasteiger partial charge is 0.102 e. The van der Waals surface area contributed by atoms with Crippen molar-refractivity contribution in [1.82, 2.24) is 5.32 Å². The Morgan fingerprint density at radius 3 is 2.80 bits per heavy atom. The first-order chi connectivity index (χ1) is 7.18. The summed E-state index contributed by atoms with van der Waals surface area (Å²) in [6.07, 6.45) is 2.64. The van der Waals surface area contributed by atoms with Crippen molar-refractivity contribution in [3.8, 4) is 0 Å². The third-order valence-electron chi connectivity index (χ3n) is 3.19. The van der Waals surface area contributed by atoms with Crippen molar-refractivity contribution in [3.05, 3.63) is 0 Å². The third kappa shape index (κ3) is 3.24. The lowest BCUT2D eigenvalue weighted by molar-refractivity contribution is 0.0246. The van der Waals surface area contributed by atoms with Crippen LogP contribution in [-0.2, 0) is 15.5 Å². The molecule has 0 bridgehead atoms. The van der Waals surface area contributed by atoms with Crippen LogP contribution in [0.5, 0.6) is 0 Å². The van der Waals surface area contributed by atoms with E-state index in [2.05, 4.69) is 5.32 Å². The van der Waals surface area contributed by atoms with Gasteiger partial charge in [0.15, 0.2) is 0 Å². The van der Waals surface area contributed by atoms with Gasteiger partial charge in [0.05, 0.1) is 6.61 Å². The maximum Gasteiger partial charge on any atom is 0.102 e. The van der Waals surface area contributed by atoms with Crippen LogP contribution in [0.3, 0.4) is 0 Å². The van der Waals surface area contributed by atoms with Gasteiger partial charge in [0.2, 0.25) is 0 Å². The lowest BCUT2D eigenvalue weighted by Crippen LogP contribution is -2.46. The number of rotatable bonds is 3. The molecule has 1 unspecified atom stereocenters. The molecule has 2 N–H and O–H groups in total. The van der Waals surface area contributed by atoms with E-state index in [1.54, 1.807) is 0 Å². The van der Waals surface area contributed by atoms with Gasteiger partial charge in [0, 0.05) is 47.9 Å². The van der Waals surface area contributed by atoms with Gasteiger partial charge >= 0.3 is 0 Å². The van der Waals surface area contributed by atoms with Crippen LogP contribution >= 0.6 is 0 Å². The van der Waals surface area contributed by atoms with Crippen LogP contribution in [0.1, 0.15) is 19.3 Å². The molecule has 0 aromatic heterocycles. The summed E-state index contributed by atoms with van der Waals surface area (Å²) in [6, 6.07) is 0.423. The fraction of sp³-hybridized carbons (Fsp3) is 1.00. The van der Waals surface area contributed by atoms with Crippen molar-refractivity contribution >= 4 is 10.8 Å². The Bertz CT molecular complexity index is 231. The van der Waals surface area contributed by atoms with E-state index in [4.69, 9.17) is 4.74 Å². The molecule has 0 aliphatic carbocycles. The first-order valence-corrected chi connectivity index (χ1v) is 7.05. The zero-order chi connectivity index (χ0) is 10.7. The summed E-state index contributed by atoms with van der Waals surface area (Å²) in [5, 5.41) is 13.4. The van der Waals surface area contributed by atoms with Gasteiger partial charge in [0.1, 0.15) is 5.60 Å². The van der Waals surface area contributed by atoms with E-state index < -0.39 is 16.4 Å². The summed E-state index contributed by atoms with van der Waals surface area (Å²) in [6.45, 7) is 1.70. The van der Waals surface area contributed by atoms with Gasteiger partial charge < -0.3 is 15.2 Å². The Morgan fingerprint density at radius 2 is 2.20 bits per heavy atom. The number of hydrogen-bond donors (Lipinski definition) is 2. The van der Waals surface area contributed by atoms with Crippen LogP contribution < -0.4 is 5.32 Å². The quantitative estimate of drug-likeness (QED) is 0.699. The van der Waals surface area contributed by atoms with Gasteiger partial charge in [-0.2, -0.15) is 0 Å². The minimum Gasteiger partial charge on any atom is -0.386 e. The van der Waals surface area contributed by atoms with Crippen molar-refractivity contribution < 1.29 is 14.1 Å². The van der Waals surface area contributed by atoms with Gasteiger partial charge in [-0.15, -0.1) is 0 Å². The molecule has 5 heteroatoms. The minimum absolute atomic E-state index is 0.423. The molecule has 2 aliphatic heterocycles. The number of aliphatic hydroxyl groups is 1. The van der Waals surface area contributed by atoms with Crippen molar-refractivity contribution in [3.63, 3.8) is 0 Å². The molecule has 1 atom stereocenters. The van der Waals surface area contributed by atoms with E-state index in [1.807, 2.05) is 0 Å². The molecule has 0 aromatic rings. The molecule has 88 valence electrons. The molecule has 4 nitrogen and oxygen atoms in total. The molecule has 0 saturated carbocycles. The highest BCUT2D eigenvalue weighted by Crippen LogP contribution is 2.18. The van der Waals surface area contributed by atoms with Gasteiger partial charge in [-0.05, 0) is 12.8 Å². The average Bonchev–Trinajstić information content (AvgIpc) is 2.65. The van der Waals surface area contributed by atoms with E-state index in [0.29, 0.717) is 25.8 Å². The molecule has 0 amide bonds. The highest BCUT2D eigenvalue weighted by atomic mass is 32.2. The third-order valence-corrected chi connectivity index (χ3v) is 4.57. The topological polar surface area (TPSA) is 58.6 Å². The maximum atomic E-state index is 11.1. The summed E-state index contributed by atoms with van der Waals surface area (Å²) in [4.78, 5) is 0. The van der Waals surface area contributed by atoms with Crippen molar-refractivity contribution in [2.75, 3.05) is 31.3 Å². The minimum atomic E-state index is -0.670. The van der Waals surface area contributed by atoms with Gasteiger partial charge in [0.25, 0.3) is 0 Å². The number of ether oxygens (including phenoxy) is 1. The predicted octanol–water partition coefficient (Wildman–Crippen LogP) is -0.362. The van der Waals surface area contributed by atoms with Gasteiger partial charge in [-0.1, -0.05) is 0 Å². The maximum absolute atomic E-state index is 11.1. The van der Waals surface area contributed by atoms with Crippen LogP contribution in [0, 0.1) is 0 Å². The first kappa shape index (κ1) is 11.5. The molecule has 2 fully saturated rings. The van der Waals surface area contributed by atoms with Crippen molar-refractivity contribution in [1.29, 1.82) is 0 Å². The molecule has 0 radical (unpaired) electrons. The molecule has 2 heterocycles. The SMILES string of the molecule is O=S1CCC(NCC2(O)CCOC2)CC1. The van der Waals surface area contributed by atoms with E-state index in [1.165, 1.54) is 0 Å². The summed E-state index contributed by atoms with van der Waals surface area (Å²) in [7, 11) is -0.604. The summed E-state index contributed by atoms with van der Waals surface area (Å²) in [5.74, 6) is 1.60. The molecule has 0 spiro atoms. The second kappa shape index (κ2) is 4.91. The normalized spacial score (nSPS) is 41.9.